The van der Waals surface area contributed by atoms with Crippen molar-refractivity contribution >= 4 is 11.7 Å². The minimum atomic E-state index is -0.396. The predicted octanol–water partition coefficient (Wildman–Crippen LogP) is 6.63. The van der Waals surface area contributed by atoms with Gasteiger partial charge in [-0.2, -0.15) is 0 Å². The fourth-order valence-corrected chi connectivity index (χ4v) is 4.75. The molecule has 0 heterocycles. The second-order valence-corrected chi connectivity index (χ2v) is 8.77. The maximum atomic E-state index is 12.8. The van der Waals surface area contributed by atoms with Crippen molar-refractivity contribution in [3.8, 4) is 11.1 Å². The molecule has 0 saturated heterocycles. The van der Waals surface area contributed by atoms with E-state index in [1.54, 1.807) is 0 Å². The first-order chi connectivity index (χ1) is 14.4. The number of benzene rings is 3. The molecular formula is C27H30N2O. The van der Waals surface area contributed by atoms with E-state index < -0.39 is 6.03 Å². The van der Waals surface area contributed by atoms with E-state index in [2.05, 4.69) is 94.4 Å². The van der Waals surface area contributed by atoms with E-state index in [1.165, 1.54) is 33.4 Å². The Balaban J connectivity index is 1.85. The van der Waals surface area contributed by atoms with Gasteiger partial charge in [-0.15, -0.1) is 0 Å². The number of hydrogen-bond donors (Lipinski definition) is 1. The summed E-state index contributed by atoms with van der Waals surface area (Å²) in [5, 5.41) is 0. The van der Waals surface area contributed by atoms with Gasteiger partial charge in [-0.05, 0) is 45.2 Å². The monoisotopic (exact) mass is 398 g/mol. The van der Waals surface area contributed by atoms with Gasteiger partial charge < -0.3 is 5.73 Å². The predicted molar refractivity (Wildman–Crippen MR) is 125 cm³/mol. The van der Waals surface area contributed by atoms with Crippen LogP contribution >= 0.6 is 0 Å². The lowest BCUT2D eigenvalue weighted by atomic mass is 9.90. The minimum Gasteiger partial charge on any atom is -0.351 e. The van der Waals surface area contributed by atoms with E-state index in [1.807, 2.05) is 4.90 Å². The molecule has 0 spiro atoms. The van der Waals surface area contributed by atoms with Gasteiger partial charge >= 0.3 is 6.03 Å². The van der Waals surface area contributed by atoms with Gasteiger partial charge in [0.1, 0.15) is 0 Å². The van der Waals surface area contributed by atoms with E-state index in [4.69, 9.17) is 5.73 Å². The van der Waals surface area contributed by atoms with Crippen LogP contribution in [0.5, 0.6) is 0 Å². The summed E-state index contributed by atoms with van der Waals surface area (Å²) in [6, 6.07) is 22.9. The highest BCUT2D eigenvalue weighted by Gasteiger charge is 2.32. The standard InChI is InChI=1S/C27H30N2O/c1-17(2)19-14-9-15-20(18(3)4)26(19)29(27(28)30)16-25-23-12-7-5-10-21(23)22-11-6-8-13-24(22)25/h5-15,17-18,25H,16H2,1-4H3,(H2,28,30). The molecule has 3 aromatic carbocycles. The Morgan fingerprint density at radius 3 is 1.70 bits per heavy atom. The number of fused-ring (bicyclic) bond motifs is 3. The van der Waals surface area contributed by atoms with Crippen LogP contribution in [-0.2, 0) is 0 Å². The highest BCUT2D eigenvalue weighted by Crippen LogP contribution is 2.46. The fourth-order valence-electron chi connectivity index (χ4n) is 4.75. The Labute approximate surface area is 179 Å². The van der Waals surface area contributed by atoms with Crippen LogP contribution < -0.4 is 10.6 Å². The number of urea groups is 1. The lowest BCUT2D eigenvalue weighted by molar-refractivity contribution is 0.253. The summed E-state index contributed by atoms with van der Waals surface area (Å²) in [6.07, 6.45) is 0. The van der Waals surface area contributed by atoms with Crippen LogP contribution in [0.1, 0.15) is 67.7 Å². The molecule has 3 heteroatoms. The summed E-state index contributed by atoms with van der Waals surface area (Å²) in [7, 11) is 0. The lowest BCUT2D eigenvalue weighted by Gasteiger charge is -2.31. The van der Waals surface area contributed by atoms with Crippen LogP contribution in [0.2, 0.25) is 0 Å². The first-order valence-electron chi connectivity index (χ1n) is 10.8. The molecule has 0 aromatic heterocycles. The molecule has 3 aromatic rings. The molecular weight excluding hydrogens is 368 g/mol. The van der Waals surface area contributed by atoms with Crippen LogP contribution in [-0.4, -0.2) is 12.6 Å². The van der Waals surface area contributed by atoms with E-state index in [0.717, 1.165) is 5.69 Å². The number of carbonyl (C=O) groups is 1. The maximum absolute atomic E-state index is 12.8. The highest BCUT2D eigenvalue weighted by atomic mass is 16.2. The molecule has 1 aliphatic carbocycles. The van der Waals surface area contributed by atoms with Gasteiger partial charge in [0.15, 0.2) is 0 Å². The van der Waals surface area contributed by atoms with Crippen molar-refractivity contribution in [3.63, 3.8) is 0 Å². The number of nitrogens with zero attached hydrogens (tertiary/aromatic N) is 1. The molecule has 0 bridgehead atoms. The number of nitrogens with two attached hydrogens (primary N) is 1. The molecule has 3 nitrogen and oxygen atoms in total. The quantitative estimate of drug-likeness (QED) is 0.515. The van der Waals surface area contributed by atoms with Crippen molar-refractivity contribution in [2.24, 2.45) is 5.73 Å². The van der Waals surface area contributed by atoms with Gasteiger partial charge in [0, 0.05) is 12.5 Å². The third-order valence-corrected chi connectivity index (χ3v) is 6.21. The third-order valence-electron chi connectivity index (χ3n) is 6.21. The molecule has 0 fully saturated rings. The molecule has 1 aliphatic rings. The Bertz CT molecular complexity index is 1010. The smallest absolute Gasteiger partial charge is 0.319 e. The Morgan fingerprint density at radius 1 is 0.800 bits per heavy atom. The van der Waals surface area contributed by atoms with E-state index in [0.29, 0.717) is 18.4 Å². The Kier molecular flexibility index (Phi) is 5.38. The summed E-state index contributed by atoms with van der Waals surface area (Å²) < 4.78 is 0. The number of rotatable bonds is 5. The maximum Gasteiger partial charge on any atom is 0.319 e. The SMILES string of the molecule is CC(C)c1cccc(C(C)C)c1N(CC1c2ccccc2-c2ccccc21)C(N)=O. The number of hydrogen-bond acceptors (Lipinski definition) is 1. The van der Waals surface area contributed by atoms with E-state index in [9.17, 15) is 4.79 Å². The molecule has 0 radical (unpaired) electrons. The normalized spacial score (nSPS) is 12.9. The first-order valence-corrected chi connectivity index (χ1v) is 10.8. The number of para-hydroxylation sites is 1. The van der Waals surface area contributed by atoms with E-state index in [-0.39, 0.29) is 5.92 Å². The van der Waals surface area contributed by atoms with Gasteiger partial charge in [0.2, 0.25) is 0 Å². The first kappa shape index (κ1) is 20.2. The van der Waals surface area contributed by atoms with Crippen molar-refractivity contribution in [1.82, 2.24) is 0 Å². The summed E-state index contributed by atoms with van der Waals surface area (Å²) in [4.78, 5) is 14.6. The molecule has 154 valence electrons. The molecule has 0 saturated carbocycles. The van der Waals surface area contributed by atoms with E-state index >= 15 is 0 Å². The molecule has 0 aliphatic heterocycles. The largest absolute Gasteiger partial charge is 0.351 e. The molecule has 4 rings (SSSR count). The van der Waals surface area contributed by atoms with Crippen LogP contribution in [0, 0.1) is 0 Å². The summed E-state index contributed by atoms with van der Waals surface area (Å²) in [6.45, 7) is 9.21. The molecule has 0 unspecified atom stereocenters. The average molecular weight is 399 g/mol. The molecule has 2 N–H and O–H groups in total. The van der Waals surface area contributed by atoms with Crippen LogP contribution in [0.3, 0.4) is 0 Å². The molecule has 2 amide bonds. The Hall–Kier alpha value is -3.07. The number of primary amides is 1. The van der Waals surface area contributed by atoms with Gasteiger partial charge in [0.25, 0.3) is 0 Å². The Morgan fingerprint density at radius 2 is 1.27 bits per heavy atom. The van der Waals surface area contributed by atoms with Gasteiger partial charge in [-0.1, -0.05) is 94.4 Å². The van der Waals surface area contributed by atoms with Crippen molar-refractivity contribution in [3.05, 3.63) is 89.0 Å². The second kappa shape index (κ2) is 7.98. The zero-order chi connectivity index (χ0) is 21.4. The van der Waals surface area contributed by atoms with Crippen LogP contribution in [0.15, 0.2) is 66.7 Å². The van der Waals surface area contributed by atoms with Crippen molar-refractivity contribution < 1.29 is 4.79 Å². The highest BCUT2D eigenvalue weighted by molar-refractivity contribution is 5.93. The minimum absolute atomic E-state index is 0.102. The van der Waals surface area contributed by atoms with Gasteiger partial charge in [-0.3, -0.25) is 4.90 Å². The van der Waals surface area contributed by atoms with Gasteiger partial charge in [-0.25, -0.2) is 4.79 Å². The van der Waals surface area contributed by atoms with Crippen LogP contribution in [0.4, 0.5) is 10.5 Å². The summed E-state index contributed by atoms with van der Waals surface area (Å²) in [5.41, 5.74) is 14.4. The molecule has 0 atom stereocenters. The average Bonchev–Trinajstić information content (AvgIpc) is 3.05. The number of anilines is 1. The second-order valence-electron chi connectivity index (χ2n) is 8.77. The third kappa shape index (κ3) is 3.39. The van der Waals surface area contributed by atoms with Crippen molar-refractivity contribution in [1.29, 1.82) is 0 Å². The molecule has 30 heavy (non-hydrogen) atoms. The number of amides is 2. The fraction of sp³-hybridized carbons (Fsp3) is 0.296. The van der Waals surface area contributed by atoms with Crippen molar-refractivity contribution in [2.45, 2.75) is 45.4 Å². The summed E-state index contributed by atoms with van der Waals surface area (Å²) in [5.74, 6) is 0.692. The van der Waals surface area contributed by atoms with Crippen LogP contribution in [0.25, 0.3) is 11.1 Å². The lowest BCUT2D eigenvalue weighted by Crippen LogP contribution is -2.40. The zero-order valence-electron chi connectivity index (χ0n) is 18.2. The summed E-state index contributed by atoms with van der Waals surface area (Å²) >= 11 is 0. The van der Waals surface area contributed by atoms with Crippen molar-refractivity contribution in [2.75, 3.05) is 11.4 Å². The van der Waals surface area contributed by atoms with Gasteiger partial charge in [0.05, 0.1) is 5.69 Å². The topological polar surface area (TPSA) is 46.3 Å². The zero-order valence-corrected chi connectivity index (χ0v) is 18.2. The number of carbonyl (C=O) groups excluding carboxylic acids is 1.